The molecule has 25 heavy (non-hydrogen) atoms. The van der Waals surface area contributed by atoms with Crippen molar-refractivity contribution in [1.82, 2.24) is 5.32 Å². The van der Waals surface area contributed by atoms with Crippen molar-refractivity contribution in [2.45, 2.75) is 39.5 Å². The number of rotatable bonds is 8. The summed E-state index contributed by atoms with van der Waals surface area (Å²) >= 11 is 0. The quantitative estimate of drug-likeness (QED) is 0.771. The number of nitrogens with one attached hydrogen (secondary N) is 1. The summed E-state index contributed by atoms with van der Waals surface area (Å²) in [5.41, 5.74) is 4.74. The van der Waals surface area contributed by atoms with Crippen molar-refractivity contribution < 1.29 is 9.90 Å². The van der Waals surface area contributed by atoms with Crippen molar-refractivity contribution in [3.05, 3.63) is 70.8 Å². The third-order valence-electron chi connectivity index (χ3n) is 4.64. The van der Waals surface area contributed by atoms with E-state index in [0.29, 0.717) is 18.9 Å². The Hall–Kier alpha value is -2.13. The minimum Gasteiger partial charge on any atom is -0.396 e. The maximum absolute atomic E-state index is 12.3. The maximum atomic E-state index is 12.3. The molecule has 1 unspecified atom stereocenters. The lowest BCUT2D eigenvalue weighted by molar-refractivity contribution is -0.120. The minimum absolute atomic E-state index is 0.0105. The number of benzene rings is 2. The molecule has 2 aromatic carbocycles. The highest BCUT2D eigenvalue weighted by Gasteiger charge is 2.14. The minimum atomic E-state index is 0.0105. The molecule has 0 spiro atoms. The highest BCUT2D eigenvalue weighted by molar-refractivity contribution is 5.79. The van der Waals surface area contributed by atoms with Gasteiger partial charge in [-0.3, -0.25) is 4.79 Å². The Morgan fingerprint density at radius 3 is 2.32 bits per heavy atom. The lowest BCUT2D eigenvalue weighted by Crippen LogP contribution is -2.33. The van der Waals surface area contributed by atoms with Crippen LogP contribution >= 0.6 is 0 Å². The lowest BCUT2D eigenvalue weighted by Gasteiger charge is -2.17. The molecule has 3 nitrogen and oxygen atoms in total. The highest BCUT2D eigenvalue weighted by atomic mass is 16.3. The van der Waals surface area contributed by atoms with Gasteiger partial charge in [-0.1, -0.05) is 62.4 Å². The summed E-state index contributed by atoms with van der Waals surface area (Å²) in [5, 5.41) is 12.6. The van der Waals surface area contributed by atoms with Gasteiger partial charge in [-0.2, -0.15) is 0 Å². The van der Waals surface area contributed by atoms with E-state index in [1.54, 1.807) is 0 Å². The van der Waals surface area contributed by atoms with Gasteiger partial charge in [0.15, 0.2) is 0 Å². The van der Waals surface area contributed by atoms with E-state index >= 15 is 0 Å². The molecule has 0 aromatic heterocycles. The SMILES string of the molecule is Cc1ccccc1CC(CO)CNC(=O)Cc1ccccc1C(C)C. The standard InChI is InChI=1S/C22H29NO2/c1-16(2)21-11-7-6-10-20(21)13-22(25)23-14-18(15-24)12-19-9-5-4-8-17(19)3/h4-11,16,18,24H,12-15H2,1-3H3,(H,23,25). The predicted octanol–water partition coefficient (Wildman–Crippen LogP) is 3.63. The second-order valence-electron chi connectivity index (χ2n) is 7.01. The molecule has 0 radical (unpaired) electrons. The number of aryl methyl sites for hydroxylation is 1. The molecular weight excluding hydrogens is 310 g/mol. The van der Waals surface area contributed by atoms with Crippen molar-refractivity contribution >= 4 is 5.91 Å². The Morgan fingerprint density at radius 1 is 1.04 bits per heavy atom. The zero-order valence-corrected chi connectivity index (χ0v) is 15.5. The molecule has 0 fully saturated rings. The molecule has 2 N–H and O–H groups in total. The van der Waals surface area contributed by atoms with Crippen LogP contribution in [0.3, 0.4) is 0 Å². The number of carbonyl (C=O) groups is 1. The van der Waals surface area contributed by atoms with E-state index in [1.165, 1.54) is 16.7 Å². The van der Waals surface area contributed by atoms with Crippen molar-refractivity contribution in [1.29, 1.82) is 0 Å². The van der Waals surface area contributed by atoms with Crippen molar-refractivity contribution in [3.8, 4) is 0 Å². The van der Waals surface area contributed by atoms with Gasteiger partial charge in [0, 0.05) is 19.1 Å². The van der Waals surface area contributed by atoms with Crippen LogP contribution in [0.25, 0.3) is 0 Å². The molecule has 0 bridgehead atoms. The van der Waals surface area contributed by atoms with Gasteiger partial charge in [0.05, 0.1) is 6.42 Å². The zero-order chi connectivity index (χ0) is 18.2. The van der Waals surface area contributed by atoms with Crippen LogP contribution in [0.1, 0.15) is 42.0 Å². The number of aliphatic hydroxyl groups excluding tert-OH is 1. The smallest absolute Gasteiger partial charge is 0.224 e. The van der Waals surface area contributed by atoms with Crippen LogP contribution in [0, 0.1) is 12.8 Å². The van der Waals surface area contributed by atoms with E-state index in [-0.39, 0.29) is 18.4 Å². The molecule has 0 heterocycles. The van der Waals surface area contributed by atoms with E-state index in [1.807, 2.05) is 30.3 Å². The summed E-state index contributed by atoms with van der Waals surface area (Å²) in [6.07, 6.45) is 1.16. The van der Waals surface area contributed by atoms with Crippen LogP contribution in [0.2, 0.25) is 0 Å². The number of aliphatic hydroxyl groups is 1. The summed E-state index contributed by atoms with van der Waals surface area (Å²) in [7, 11) is 0. The van der Waals surface area contributed by atoms with E-state index < -0.39 is 0 Å². The van der Waals surface area contributed by atoms with Crippen LogP contribution < -0.4 is 5.32 Å². The van der Waals surface area contributed by atoms with Crippen molar-refractivity contribution in [2.75, 3.05) is 13.2 Å². The number of hydrogen-bond donors (Lipinski definition) is 2. The molecule has 2 aromatic rings. The summed E-state index contributed by atoms with van der Waals surface area (Å²) < 4.78 is 0. The Morgan fingerprint density at radius 2 is 1.68 bits per heavy atom. The van der Waals surface area contributed by atoms with E-state index in [9.17, 15) is 9.90 Å². The van der Waals surface area contributed by atoms with Gasteiger partial charge in [0.1, 0.15) is 0 Å². The fourth-order valence-corrected chi connectivity index (χ4v) is 3.10. The Bertz CT molecular complexity index is 694. The first kappa shape index (κ1) is 19.2. The maximum Gasteiger partial charge on any atom is 0.224 e. The average Bonchev–Trinajstić information content (AvgIpc) is 2.60. The second-order valence-corrected chi connectivity index (χ2v) is 7.01. The molecule has 0 aliphatic heterocycles. The molecule has 0 saturated heterocycles. The third-order valence-corrected chi connectivity index (χ3v) is 4.64. The van der Waals surface area contributed by atoms with Gasteiger partial charge >= 0.3 is 0 Å². The average molecular weight is 339 g/mol. The van der Waals surface area contributed by atoms with E-state index in [4.69, 9.17) is 0 Å². The normalized spacial score (nSPS) is 12.2. The Kier molecular flexibility index (Phi) is 7.20. The summed E-state index contributed by atoms with van der Waals surface area (Å²) in [4.78, 5) is 12.3. The molecule has 134 valence electrons. The Balaban J connectivity index is 1.91. The second kappa shape index (κ2) is 9.38. The molecule has 0 aliphatic carbocycles. The summed E-state index contributed by atoms with van der Waals surface area (Å²) in [5.74, 6) is 0.442. The van der Waals surface area contributed by atoms with Crippen LogP contribution in [-0.4, -0.2) is 24.2 Å². The molecule has 0 aliphatic rings. The fourth-order valence-electron chi connectivity index (χ4n) is 3.10. The zero-order valence-electron chi connectivity index (χ0n) is 15.5. The fraction of sp³-hybridized carbons (Fsp3) is 0.409. The monoisotopic (exact) mass is 339 g/mol. The van der Waals surface area contributed by atoms with Gasteiger partial charge in [-0.25, -0.2) is 0 Å². The first-order chi connectivity index (χ1) is 12.0. The van der Waals surface area contributed by atoms with Crippen LogP contribution in [0.5, 0.6) is 0 Å². The van der Waals surface area contributed by atoms with Crippen molar-refractivity contribution in [2.24, 2.45) is 5.92 Å². The predicted molar refractivity (Wildman–Crippen MR) is 103 cm³/mol. The van der Waals surface area contributed by atoms with Gasteiger partial charge in [-0.05, 0) is 41.5 Å². The number of amides is 1. The molecule has 0 saturated carbocycles. The molecular formula is C22H29NO2. The van der Waals surface area contributed by atoms with Crippen LogP contribution in [0.4, 0.5) is 0 Å². The molecule has 2 rings (SSSR count). The number of hydrogen-bond acceptors (Lipinski definition) is 2. The van der Waals surface area contributed by atoms with Crippen LogP contribution in [0.15, 0.2) is 48.5 Å². The van der Waals surface area contributed by atoms with Gasteiger partial charge in [0.2, 0.25) is 5.91 Å². The third kappa shape index (κ3) is 5.71. The lowest BCUT2D eigenvalue weighted by atomic mass is 9.95. The number of carbonyl (C=O) groups excluding carboxylic acids is 1. The first-order valence-electron chi connectivity index (χ1n) is 9.01. The van der Waals surface area contributed by atoms with E-state index in [0.717, 1.165) is 12.0 Å². The molecule has 1 atom stereocenters. The Labute approximate surface area is 151 Å². The largest absolute Gasteiger partial charge is 0.396 e. The molecule has 1 amide bonds. The van der Waals surface area contributed by atoms with E-state index in [2.05, 4.69) is 44.3 Å². The summed E-state index contributed by atoms with van der Waals surface area (Å²) in [6, 6.07) is 16.3. The summed E-state index contributed by atoms with van der Waals surface area (Å²) in [6.45, 7) is 6.91. The van der Waals surface area contributed by atoms with Gasteiger partial charge in [-0.15, -0.1) is 0 Å². The van der Waals surface area contributed by atoms with Gasteiger partial charge < -0.3 is 10.4 Å². The highest BCUT2D eigenvalue weighted by Crippen LogP contribution is 2.19. The molecule has 3 heteroatoms. The topological polar surface area (TPSA) is 49.3 Å². The van der Waals surface area contributed by atoms with Crippen molar-refractivity contribution in [3.63, 3.8) is 0 Å². The van der Waals surface area contributed by atoms with Crippen LogP contribution in [-0.2, 0) is 17.6 Å². The first-order valence-corrected chi connectivity index (χ1v) is 9.01. The van der Waals surface area contributed by atoms with Gasteiger partial charge in [0.25, 0.3) is 0 Å².